The van der Waals surface area contributed by atoms with Crippen LogP contribution in [0, 0.1) is 17.0 Å². The first-order valence-electron chi connectivity index (χ1n) is 8.48. The smallest absolute Gasteiger partial charge is 0.277 e. The van der Waals surface area contributed by atoms with Gasteiger partial charge in [0.25, 0.3) is 11.6 Å². The van der Waals surface area contributed by atoms with Crippen LogP contribution in [0.2, 0.25) is 0 Å². The van der Waals surface area contributed by atoms with E-state index in [1.807, 2.05) is 35.9 Å². The average molecular weight is 376 g/mol. The number of aromatic nitrogens is 3. The van der Waals surface area contributed by atoms with Crippen LogP contribution in [-0.4, -0.2) is 31.2 Å². The number of nitro benzene ring substituents is 1. The summed E-state index contributed by atoms with van der Waals surface area (Å²) in [7, 11) is 1.88. The number of rotatable bonds is 4. The molecular weight excluding hydrogens is 360 g/mol. The molecule has 2 aromatic carbocycles. The second-order valence-corrected chi connectivity index (χ2v) is 6.29. The molecule has 140 valence electrons. The van der Waals surface area contributed by atoms with Crippen molar-refractivity contribution in [3.05, 3.63) is 75.5 Å². The van der Waals surface area contributed by atoms with E-state index >= 15 is 0 Å². The third-order valence-corrected chi connectivity index (χ3v) is 4.54. The molecule has 0 saturated carbocycles. The number of amides is 1. The number of fused-ring (bicyclic) bond motifs is 3. The Kier molecular flexibility index (Phi) is 4.11. The number of non-ortho nitro benzene ring substituents is 1. The molecule has 0 aliphatic rings. The number of nitrogens with zero attached hydrogens (tertiary/aromatic N) is 5. The minimum atomic E-state index is -0.472. The Hall–Kier alpha value is -4.01. The van der Waals surface area contributed by atoms with E-state index in [9.17, 15) is 14.9 Å². The van der Waals surface area contributed by atoms with Crippen molar-refractivity contribution >= 4 is 34.5 Å². The summed E-state index contributed by atoms with van der Waals surface area (Å²) < 4.78 is 3.67. The van der Waals surface area contributed by atoms with Crippen LogP contribution in [0.3, 0.4) is 0 Å². The molecule has 9 heteroatoms. The number of carbonyl (C=O) groups excluding carboxylic acids is 1. The topological polar surface area (TPSA) is 107 Å². The van der Waals surface area contributed by atoms with Gasteiger partial charge in [0.15, 0.2) is 0 Å². The molecule has 1 N–H and O–H groups in total. The Morgan fingerprint density at radius 2 is 1.86 bits per heavy atom. The van der Waals surface area contributed by atoms with Crippen molar-refractivity contribution in [3.8, 4) is 0 Å². The molecule has 0 bridgehead atoms. The van der Waals surface area contributed by atoms with Gasteiger partial charge in [-0.05, 0) is 36.8 Å². The second kappa shape index (κ2) is 6.62. The number of benzene rings is 2. The summed E-state index contributed by atoms with van der Waals surface area (Å²) in [4.78, 5) is 22.9. The number of hydrogen-bond donors (Lipinski definition) is 1. The van der Waals surface area contributed by atoms with Crippen LogP contribution in [0.1, 0.15) is 21.6 Å². The predicted molar refractivity (Wildman–Crippen MR) is 105 cm³/mol. The molecule has 0 atom stereocenters. The summed E-state index contributed by atoms with van der Waals surface area (Å²) in [5.41, 5.74) is 6.73. The van der Waals surface area contributed by atoms with Crippen LogP contribution in [0.15, 0.2) is 53.6 Å². The Bertz CT molecular complexity index is 1250. The highest BCUT2D eigenvalue weighted by molar-refractivity contribution is 6.03. The standard InChI is InChI=1S/C19H16N6O3/c1-12-17(19-23(2)15-5-3-4-6-16(15)24(19)22-12)18(26)21-20-11-13-7-9-14(10-8-13)25(27)28/h3-11H,1-2H3,(H,21,26)/b20-11+. The fourth-order valence-electron chi connectivity index (χ4n) is 3.20. The predicted octanol–water partition coefficient (Wildman–Crippen LogP) is 2.81. The summed E-state index contributed by atoms with van der Waals surface area (Å²) in [6.07, 6.45) is 1.43. The highest BCUT2D eigenvalue weighted by atomic mass is 16.6. The quantitative estimate of drug-likeness (QED) is 0.336. The molecule has 28 heavy (non-hydrogen) atoms. The lowest BCUT2D eigenvalue weighted by Gasteiger charge is -2.01. The second-order valence-electron chi connectivity index (χ2n) is 6.29. The van der Waals surface area contributed by atoms with Gasteiger partial charge in [0, 0.05) is 19.2 Å². The van der Waals surface area contributed by atoms with Gasteiger partial charge >= 0.3 is 0 Å². The van der Waals surface area contributed by atoms with E-state index in [1.165, 1.54) is 18.3 Å². The number of nitrogens with one attached hydrogen (secondary N) is 1. The maximum absolute atomic E-state index is 12.7. The van der Waals surface area contributed by atoms with Crippen molar-refractivity contribution in [1.82, 2.24) is 19.6 Å². The lowest BCUT2D eigenvalue weighted by atomic mass is 10.2. The van der Waals surface area contributed by atoms with Gasteiger partial charge in [-0.25, -0.2) is 9.94 Å². The molecule has 9 nitrogen and oxygen atoms in total. The molecule has 2 heterocycles. The number of imidazole rings is 1. The molecule has 0 spiro atoms. The average Bonchev–Trinajstić information content (AvgIpc) is 3.16. The number of para-hydroxylation sites is 2. The van der Waals surface area contributed by atoms with Crippen LogP contribution >= 0.6 is 0 Å². The lowest BCUT2D eigenvalue weighted by molar-refractivity contribution is -0.384. The summed E-state index contributed by atoms with van der Waals surface area (Å²) >= 11 is 0. The number of aryl methyl sites for hydroxylation is 2. The molecule has 1 amide bonds. The van der Waals surface area contributed by atoms with Gasteiger partial charge in [0.05, 0.1) is 27.9 Å². The monoisotopic (exact) mass is 376 g/mol. The molecule has 2 aromatic heterocycles. The zero-order valence-corrected chi connectivity index (χ0v) is 15.2. The van der Waals surface area contributed by atoms with Crippen LogP contribution in [0.25, 0.3) is 16.7 Å². The van der Waals surface area contributed by atoms with Crippen molar-refractivity contribution in [2.24, 2.45) is 12.1 Å². The Labute approximate surface area is 159 Å². The molecule has 0 aliphatic carbocycles. The normalized spacial score (nSPS) is 11.5. The summed E-state index contributed by atoms with van der Waals surface area (Å²) in [6.45, 7) is 1.77. The first kappa shape index (κ1) is 17.4. The first-order valence-corrected chi connectivity index (χ1v) is 8.48. The lowest BCUT2D eigenvalue weighted by Crippen LogP contribution is -2.19. The van der Waals surface area contributed by atoms with Crippen molar-refractivity contribution in [2.75, 3.05) is 0 Å². The molecule has 4 rings (SSSR count). The highest BCUT2D eigenvalue weighted by Gasteiger charge is 2.22. The van der Waals surface area contributed by atoms with Crippen molar-refractivity contribution in [1.29, 1.82) is 0 Å². The largest absolute Gasteiger partial charge is 0.327 e. The zero-order chi connectivity index (χ0) is 19.8. The van der Waals surface area contributed by atoms with Crippen LogP contribution in [-0.2, 0) is 7.05 Å². The van der Waals surface area contributed by atoms with Gasteiger partial charge in [-0.2, -0.15) is 10.2 Å². The Morgan fingerprint density at radius 3 is 2.54 bits per heavy atom. The van der Waals surface area contributed by atoms with E-state index in [1.54, 1.807) is 23.6 Å². The van der Waals surface area contributed by atoms with Crippen molar-refractivity contribution in [2.45, 2.75) is 6.92 Å². The van der Waals surface area contributed by atoms with Crippen molar-refractivity contribution < 1.29 is 9.72 Å². The molecule has 0 fully saturated rings. The SMILES string of the molecule is Cc1nn2c3ccccc3n(C)c2c1C(=O)N/N=C/c1ccc([N+](=O)[O-])cc1. The van der Waals surface area contributed by atoms with Gasteiger partial charge in [0.2, 0.25) is 0 Å². The molecule has 0 radical (unpaired) electrons. The van der Waals surface area contributed by atoms with Crippen LogP contribution < -0.4 is 5.43 Å². The van der Waals surface area contributed by atoms with E-state index in [4.69, 9.17) is 0 Å². The number of hydrazone groups is 1. The Morgan fingerprint density at radius 1 is 1.18 bits per heavy atom. The van der Waals surface area contributed by atoms with Gasteiger partial charge < -0.3 is 4.57 Å². The zero-order valence-electron chi connectivity index (χ0n) is 15.2. The first-order chi connectivity index (χ1) is 13.5. The number of carbonyl (C=O) groups is 1. The molecule has 4 aromatic rings. The Balaban J connectivity index is 1.62. The fourth-order valence-corrected chi connectivity index (χ4v) is 3.20. The minimum Gasteiger partial charge on any atom is -0.327 e. The summed E-state index contributed by atoms with van der Waals surface area (Å²) in [6, 6.07) is 13.6. The third-order valence-electron chi connectivity index (χ3n) is 4.54. The van der Waals surface area contributed by atoms with E-state index < -0.39 is 4.92 Å². The number of nitro groups is 1. The maximum atomic E-state index is 12.7. The fraction of sp³-hybridized carbons (Fsp3) is 0.105. The molecule has 0 saturated heterocycles. The summed E-state index contributed by atoms with van der Waals surface area (Å²) in [5, 5.41) is 19.1. The maximum Gasteiger partial charge on any atom is 0.277 e. The van der Waals surface area contributed by atoms with Crippen LogP contribution in [0.5, 0.6) is 0 Å². The molecule has 0 unspecified atom stereocenters. The van der Waals surface area contributed by atoms with E-state index in [2.05, 4.69) is 15.6 Å². The van der Waals surface area contributed by atoms with Crippen LogP contribution in [0.4, 0.5) is 5.69 Å². The van der Waals surface area contributed by atoms with E-state index in [-0.39, 0.29) is 11.6 Å². The van der Waals surface area contributed by atoms with Gasteiger partial charge in [0.1, 0.15) is 11.2 Å². The van der Waals surface area contributed by atoms with E-state index in [0.717, 1.165) is 11.0 Å². The molecule has 0 aliphatic heterocycles. The number of hydrogen-bond acceptors (Lipinski definition) is 5. The van der Waals surface area contributed by atoms with Gasteiger partial charge in [-0.3, -0.25) is 14.9 Å². The van der Waals surface area contributed by atoms with Crippen molar-refractivity contribution in [3.63, 3.8) is 0 Å². The summed E-state index contributed by atoms with van der Waals surface area (Å²) in [5.74, 6) is -0.378. The highest BCUT2D eigenvalue weighted by Crippen LogP contribution is 2.24. The molecular formula is C19H16N6O3. The third kappa shape index (κ3) is 2.78. The van der Waals surface area contributed by atoms with Gasteiger partial charge in [-0.1, -0.05) is 12.1 Å². The van der Waals surface area contributed by atoms with Gasteiger partial charge in [-0.15, -0.1) is 0 Å². The van der Waals surface area contributed by atoms with E-state index in [0.29, 0.717) is 22.5 Å². The minimum absolute atomic E-state index is 0.00476.